The van der Waals surface area contributed by atoms with E-state index in [1.54, 1.807) is 0 Å². The van der Waals surface area contributed by atoms with Gasteiger partial charge in [-0.2, -0.15) is 0 Å². The van der Waals surface area contributed by atoms with Gasteiger partial charge >= 0.3 is 6.09 Å². The Labute approximate surface area is 117 Å². The minimum absolute atomic E-state index is 0.447. The fourth-order valence-corrected chi connectivity index (χ4v) is 2.57. The number of aliphatic imine (C=N–C) groups is 1. The van der Waals surface area contributed by atoms with Crippen LogP contribution in [0.2, 0.25) is 0 Å². The fourth-order valence-electron chi connectivity index (χ4n) is 2.57. The number of fused-ring (bicyclic) bond motifs is 1. The second-order valence-corrected chi connectivity index (χ2v) is 4.87. The molecule has 0 saturated carbocycles. The van der Waals surface area contributed by atoms with Gasteiger partial charge in [-0.3, -0.25) is 10.3 Å². The lowest BCUT2D eigenvalue weighted by Gasteiger charge is -2.19. The van der Waals surface area contributed by atoms with Crippen LogP contribution in [-0.2, 0) is 11.2 Å². The number of allylic oxidation sites excluding steroid dienone is 1. The smallest absolute Gasteiger partial charge is 0.411 e. The number of amides is 1. The standard InChI is InChI=1S/C15H17N3O2/c1-20-15(19)17-12-5-4-11-6-8-18(14(11)9-12)10-13-3-2-7-16-13/h3-5,7,9H,2,6,8,10H2,1H3,(H,17,19). The molecule has 20 heavy (non-hydrogen) atoms. The van der Waals surface area contributed by atoms with E-state index in [2.05, 4.69) is 32.1 Å². The van der Waals surface area contributed by atoms with Crippen molar-refractivity contribution in [1.82, 2.24) is 0 Å². The van der Waals surface area contributed by atoms with Crippen LogP contribution in [0.3, 0.4) is 0 Å². The summed E-state index contributed by atoms with van der Waals surface area (Å²) in [6.07, 6.45) is 5.60. The summed E-state index contributed by atoms with van der Waals surface area (Å²) < 4.78 is 4.62. The van der Waals surface area contributed by atoms with Crippen LogP contribution in [0.25, 0.3) is 0 Å². The van der Waals surface area contributed by atoms with Gasteiger partial charge < -0.3 is 9.64 Å². The van der Waals surface area contributed by atoms with Crippen molar-refractivity contribution in [3.8, 4) is 0 Å². The Morgan fingerprint density at radius 3 is 3.15 bits per heavy atom. The Morgan fingerprint density at radius 1 is 1.50 bits per heavy atom. The maximum absolute atomic E-state index is 11.3. The van der Waals surface area contributed by atoms with Crippen molar-refractivity contribution >= 4 is 23.7 Å². The highest BCUT2D eigenvalue weighted by Gasteiger charge is 2.20. The monoisotopic (exact) mass is 271 g/mol. The number of anilines is 2. The number of nitrogens with one attached hydrogen (secondary N) is 1. The molecule has 0 radical (unpaired) electrons. The van der Waals surface area contributed by atoms with Crippen molar-refractivity contribution in [1.29, 1.82) is 0 Å². The van der Waals surface area contributed by atoms with E-state index in [1.165, 1.54) is 18.4 Å². The SMILES string of the molecule is COC(=O)Nc1ccc2c(c1)N(CC1=CCC=N1)CC2. The highest BCUT2D eigenvalue weighted by Crippen LogP contribution is 2.31. The summed E-state index contributed by atoms with van der Waals surface area (Å²) in [5.41, 5.74) is 4.35. The topological polar surface area (TPSA) is 53.9 Å². The first kappa shape index (κ1) is 12.7. The summed E-state index contributed by atoms with van der Waals surface area (Å²) in [7, 11) is 1.36. The first-order chi connectivity index (χ1) is 9.76. The quantitative estimate of drug-likeness (QED) is 0.919. The number of methoxy groups -OCH3 is 1. The summed E-state index contributed by atoms with van der Waals surface area (Å²) >= 11 is 0. The minimum atomic E-state index is -0.447. The number of hydrogen-bond acceptors (Lipinski definition) is 4. The molecule has 0 atom stereocenters. The van der Waals surface area contributed by atoms with Crippen molar-refractivity contribution in [2.45, 2.75) is 12.8 Å². The van der Waals surface area contributed by atoms with Crippen LogP contribution >= 0.6 is 0 Å². The molecule has 1 aromatic carbocycles. The molecule has 0 unspecified atom stereocenters. The van der Waals surface area contributed by atoms with Crippen LogP contribution in [0.15, 0.2) is 35.0 Å². The van der Waals surface area contributed by atoms with E-state index in [1.807, 2.05) is 18.3 Å². The molecule has 0 aromatic heterocycles. The van der Waals surface area contributed by atoms with Gasteiger partial charge in [-0.1, -0.05) is 12.1 Å². The highest BCUT2D eigenvalue weighted by molar-refractivity contribution is 5.86. The molecular formula is C15H17N3O2. The number of hydrogen-bond donors (Lipinski definition) is 1. The zero-order valence-electron chi connectivity index (χ0n) is 11.4. The first-order valence-electron chi connectivity index (χ1n) is 6.70. The molecule has 1 amide bonds. The molecule has 2 heterocycles. The summed E-state index contributed by atoms with van der Waals surface area (Å²) in [5.74, 6) is 0. The predicted molar refractivity (Wildman–Crippen MR) is 79.6 cm³/mol. The zero-order chi connectivity index (χ0) is 13.9. The summed E-state index contributed by atoms with van der Waals surface area (Å²) in [5, 5.41) is 2.70. The maximum atomic E-state index is 11.3. The molecule has 0 bridgehead atoms. The lowest BCUT2D eigenvalue weighted by atomic mass is 10.1. The van der Waals surface area contributed by atoms with Crippen LogP contribution in [0, 0.1) is 0 Å². The number of rotatable bonds is 3. The molecule has 0 saturated heterocycles. The average molecular weight is 271 g/mol. The van der Waals surface area contributed by atoms with Crippen LogP contribution in [-0.4, -0.2) is 32.5 Å². The Morgan fingerprint density at radius 2 is 2.40 bits per heavy atom. The predicted octanol–water partition coefficient (Wildman–Crippen LogP) is 2.59. The molecular weight excluding hydrogens is 254 g/mol. The number of carbonyl (C=O) groups excluding carboxylic acids is 1. The Kier molecular flexibility index (Phi) is 3.41. The van der Waals surface area contributed by atoms with Crippen molar-refractivity contribution in [2.75, 3.05) is 30.4 Å². The highest BCUT2D eigenvalue weighted by atomic mass is 16.5. The number of benzene rings is 1. The van der Waals surface area contributed by atoms with E-state index in [0.717, 1.165) is 37.3 Å². The second kappa shape index (κ2) is 5.36. The molecule has 1 aromatic rings. The van der Waals surface area contributed by atoms with E-state index in [0.29, 0.717) is 0 Å². The molecule has 0 fully saturated rings. The molecule has 5 heteroatoms. The third-order valence-corrected chi connectivity index (χ3v) is 3.58. The van der Waals surface area contributed by atoms with Gasteiger partial charge in [-0.15, -0.1) is 0 Å². The van der Waals surface area contributed by atoms with Gasteiger partial charge in [0.25, 0.3) is 0 Å². The van der Waals surface area contributed by atoms with Crippen molar-refractivity contribution < 1.29 is 9.53 Å². The van der Waals surface area contributed by atoms with Crippen molar-refractivity contribution in [2.24, 2.45) is 4.99 Å². The van der Waals surface area contributed by atoms with Crippen molar-refractivity contribution in [3.63, 3.8) is 0 Å². The van der Waals surface area contributed by atoms with Crippen LogP contribution < -0.4 is 10.2 Å². The molecule has 3 rings (SSSR count). The molecule has 0 spiro atoms. The Hall–Kier alpha value is -2.30. The number of carbonyl (C=O) groups is 1. The van der Waals surface area contributed by atoms with Gasteiger partial charge in [0.1, 0.15) is 0 Å². The molecule has 104 valence electrons. The lowest BCUT2D eigenvalue weighted by molar-refractivity contribution is 0.187. The number of ether oxygens (including phenoxy) is 1. The first-order valence-corrected chi connectivity index (χ1v) is 6.70. The van der Waals surface area contributed by atoms with E-state index in [9.17, 15) is 4.79 Å². The molecule has 2 aliphatic rings. The molecule has 0 aliphatic carbocycles. The van der Waals surface area contributed by atoms with Crippen LogP contribution in [0.4, 0.5) is 16.2 Å². The average Bonchev–Trinajstić information content (AvgIpc) is 3.10. The zero-order valence-corrected chi connectivity index (χ0v) is 11.4. The van der Waals surface area contributed by atoms with E-state index in [-0.39, 0.29) is 0 Å². The third kappa shape index (κ3) is 2.52. The lowest BCUT2D eigenvalue weighted by Crippen LogP contribution is -2.22. The Bertz CT molecular complexity index is 593. The van der Waals surface area contributed by atoms with Crippen molar-refractivity contribution in [3.05, 3.63) is 35.5 Å². The number of nitrogens with zero attached hydrogens (tertiary/aromatic N) is 2. The fraction of sp³-hybridized carbons (Fsp3) is 0.333. The van der Waals surface area contributed by atoms with Gasteiger partial charge in [0, 0.05) is 30.6 Å². The molecule has 1 N–H and O–H groups in total. The summed E-state index contributed by atoms with van der Waals surface area (Å²) in [6.45, 7) is 1.81. The van der Waals surface area contributed by atoms with Crippen LogP contribution in [0.5, 0.6) is 0 Å². The summed E-state index contributed by atoms with van der Waals surface area (Å²) in [6, 6.07) is 5.97. The third-order valence-electron chi connectivity index (χ3n) is 3.58. The van der Waals surface area contributed by atoms with Gasteiger partial charge in [0.05, 0.1) is 19.4 Å². The minimum Gasteiger partial charge on any atom is -0.453 e. The normalized spacial score (nSPS) is 16.1. The summed E-state index contributed by atoms with van der Waals surface area (Å²) in [4.78, 5) is 17.9. The van der Waals surface area contributed by atoms with Gasteiger partial charge in [-0.05, 0) is 24.1 Å². The van der Waals surface area contributed by atoms with E-state index >= 15 is 0 Å². The maximum Gasteiger partial charge on any atom is 0.411 e. The van der Waals surface area contributed by atoms with Gasteiger partial charge in [-0.25, -0.2) is 4.79 Å². The Balaban J connectivity index is 1.78. The van der Waals surface area contributed by atoms with E-state index in [4.69, 9.17) is 0 Å². The molecule has 2 aliphatic heterocycles. The van der Waals surface area contributed by atoms with Crippen LogP contribution in [0.1, 0.15) is 12.0 Å². The molecule has 5 nitrogen and oxygen atoms in total. The van der Waals surface area contributed by atoms with Gasteiger partial charge in [0.15, 0.2) is 0 Å². The van der Waals surface area contributed by atoms with E-state index < -0.39 is 6.09 Å². The largest absolute Gasteiger partial charge is 0.453 e. The van der Waals surface area contributed by atoms with Gasteiger partial charge in [0.2, 0.25) is 0 Å². The second-order valence-electron chi connectivity index (χ2n) is 4.87.